The number of nitrogens with one attached hydrogen (secondary N) is 2. The Bertz CT molecular complexity index is 870. The van der Waals surface area contributed by atoms with E-state index in [9.17, 15) is 4.79 Å². The number of anilines is 2. The lowest BCUT2D eigenvalue weighted by Gasteiger charge is -2.33. The molecule has 3 rings (SSSR count). The van der Waals surface area contributed by atoms with Gasteiger partial charge in [-0.3, -0.25) is 14.8 Å². The highest BCUT2D eigenvalue weighted by atomic mass is 32.1. The van der Waals surface area contributed by atoms with Crippen LogP contribution in [0.4, 0.5) is 10.3 Å². The maximum absolute atomic E-state index is 12.1. The van der Waals surface area contributed by atoms with E-state index in [4.69, 9.17) is 0 Å². The minimum absolute atomic E-state index is 0.132. The quantitative estimate of drug-likeness (QED) is 0.413. The Morgan fingerprint density at radius 1 is 1.38 bits per heavy atom. The predicted molar refractivity (Wildman–Crippen MR) is 117 cm³/mol. The maximum atomic E-state index is 12.1. The second kappa shape index (κ2) is 10.5. The van der Waals surface area contributed by atoms with Gasteiger partial charge in [0, 0.05) is 38.6 Å². The zero-order valence-electron chi connectivity index (χ0n) is 16.4. The largest absolute Gasteiger partial charge is 0.357 e. The number of allylic oxidation sites excluding steroid dienone is 2. The van der Waals surface area contributed by atoms with E-state index in [2.05, 4.69) is 42.3 Å². The van der Waals surface area contributed by atoms with Gasteiger partial charge in [-0.05, 0) is 30.5 Å². The number of pyridine rings is 1. The number of hydrogen-bond acceptors (Lipinski definition) is 7. The summed E-state index contributed by atoms with van der Waals surface area (Å²) in [6, 6.07) is 4.00. The minimum atomic E-state index is -0.132. The third-order valence-electron chi connectivity index (χ3n) is 4.52. The molecule has 0 aliphatic carbocycles. The Kier molecular flexibility index (Phi) is 7.46. The molecule has 1 saturated heterocycles. The summed E-state index contributed by atoms with van der Waals surface area (Å²) in [5, 5.41) is 15.7. The molecule has 8 nitrogen and oxygen atoms in total. The van der Waals surface area contributed by atoms with E-state index in [1.165, 1.54) is 11.3 Å². The summed E-state index contributed by atoms with van der Waals surface area (Å²) in [4.78, 5) is 22.8. The van der Waals surface area contributed by atoms with Crippen molar-refractivity contribution in [3.8, 4) is 0 Å². The van der Waals surface area contributed by atoms with Crippen LogP contribution >= 0.6 is 11.3 Å². The fourth-order valence-corrected chi connectivity index (χ4v) is 3.82. The lowest BCUT2D eigenvalue weighted by Crippen LogP contribution is -2.41. The van der Waals surface area contributed by atoms with Crippen molar-refractivity contribution in [2.75, 3.05) is 30.8 Å². The van der Waals surface area contributed by atoms with E-state index in [0.717, 1.165) is 42.5 Å². The molecule has 0 radical (unpaired) electrons. The average molecular weight is 412 g/mol. The van der Waals surface area contributed by atoms with Crippen molar-refractivity contribution in [3.05, 3.63) is 54.9 Å². The number of carbonyl (C=O) groups excluding carboxylic acids is 1. The molecule has 152 valence electrons. The summed E-state index contributed by atoms with van der Waals surface area (Å²) in [5.74, 6) is 0.839. The first-order valence-corrected chi connectivity index (χ1v) is 10.3. The molecule has 29 heavy (non-hydrogen) atoms. The molecule has 0 saturated carbocycles. The lowest BCUT2D eigenvalue weighted by atomic mass is 10.1. The van der Waals surface area contributed by atoms with Gasteiger partial charge in [-0.2, -0.15) is 0 Å². The smallest absolute Gasteiger partial charge is 0.230 e. The van der Waals surface area contributed by atoms with Crippen LogP contribution in [0.15, 0.2) is 54.3 Å². The SMILES string of the molecule is C=C/C=C\C(=NC)N1CCC(Nc2nnc(NC(=O)Cc3cccnc3)s2)CC1. The maximum Gasteiger partial charge on any atom is 0.230 e. The second-order valence-electron chi connectivity index (χ2n) is 6.58. The van der Waals surface area contributed by atoms with Crippen LogP contribution in [0.1, 0.15) is 18.4 Å². The molecule has 0 spiro atoms. The van der Waals surface area contributed by atoms with E-state index in [1.54, 1.807) is 25.5 Å². The zero-order chi connectivity index (χ0) is 20.5. The van der Waals surface area contributed by atoms with Crippen LogP contribution in [0.25, 0.3) is 0 Å². The summed E-state index contributed by atoms with van der Waals surface area (Å²) in [5.41, 5.74) is 0.859. The molecule has 9 heteroatoms. The normalized spacial score (nSPS) is 15.5. The highest BCUT2D eigenvalue weighted by Gasteiger charge is 2.21. The van der Waals surface area contributed by atoms with E-state index in [1.807, 2.05) is 24.3 Å². The fraction of sp³-hybridized carbons (Fsp3) is 0.350. The number of carbonyl (C=O) groups is 1. The van der Waals surface area contributed by atoms with Crippen molar-refractivity contribution >= 4 is 33.3 Å². The van der Waals surface area contributed by atoms with E-state index in [0.29, 0.717) is 11.2 Å². The lowest BCUT2D eigenvalue weighted by molar-refractivity contribution is -0.115. The Balaban J connectivity index is 1.46. The standard InChI is InChI=1S/C20H25N7OS/c1-3-4-7-17(21-2)27-11-8-16(9-12-27)23-19-25-26-20(29-19)24-18(28)13-15-6-5-10-22-14-15/h3-7,10,14,16H,1,8-9,11-13H2,2H3,(H,23,25)(H,24,26,28)/b7-4-,21-17?. The first-order valence-electron chi connectivity index (χ1n) is 9.47. The van der Waals surface area contributed by atoms with Crippen molar-refractivity contribution in [2.45, 2.75) is 25.3 Å². The van der Waals surface area contributed by atoms with Gasteiger partial charge in [0.2, 0.25) is 16.2 Å². The molecule has 2 N–H and O–H groups in total. The minimum Gasteiger partial charge on any atom is -0.357 e. The van der Waals surface area contributed by atoms with Gasteiger partial charge in [-0.1, -0.05) is 36.1 Å². The summed E-state index contributed by atoms with van der Waals surface area (Å²) < 4.78 is 0. The number of amides is 1. The van der Waals surface area contributed by atoms with E-state index < -0.39 is 0 Å². The van der Waals surface area contributed by atoms with Crippen LogP contribution in [0.2, 0.25) is 0 Å². The zero-order valence-corrected chi connectivity index (χ0v) is 17.2. The van der Waals surface area contributed by atoms with Gasteiger partial charge in [-0.25, -0.2) is 0 Å². The number of hydrogen-bond donors (Lipinski definition) is 2. The van der Waals surface area contributed by atoms with Gasteiger partial charge in [0.05, 0.1) is 6.42 Å². The summed E-state index contributed by atoms with van der Waals surface area (Å²) in [6.07, 6.45) is 11.2. The molecule has 3 heterocycles. The van der Waals surface area contributed by atoms with Gasteiger partial charge in [0.15, 0.2) is 0 Å². The molecule has 2 aromatic rings. The van der Waals surface area contributed by atoms with Gasteiger partial charge in [0.1, 0.15) is 5.84 Å². The van der Waals surface area contributed by atoms with Gasteiger partial charge in [-0.15, -0.1) is 10.2 Å². The third kappa shape index (κ3) is 6.21. The molecule has 0 bridgehead atoms. The molecule has 1 aliphatic rings. The van der Waals surface area contributed by atoms with Crippen LogP contribution in [0, 0.1) is 0 Å². The Hall–Kier alpha value is -3.07. The number of piperidine rings is 1. The van der Waals surface area contributed by atoms with E-state index >= 15 is 0 Å². The molecular weight excluding hydrogens is 386 g/mol. The van der Waals surface area contributed by atoms with Crippen molar-refractivity contribution in [2.24, 2.45) is 4.99 Å². The molecule has 0 unspecified atom stereocenters. The van der Waals surface area contributed by atoms with Crippen molar-refractivity contribution in [1.82, 2.24) is 20.1 Å². The van der Waals surface area contributed by atoms with Crippen LogP contribution < -0.4 is 10.6 Å². The summed E-state index contributed by atoms with van der Waals surface area (Å²) in [6.45, 7) is 5.53. The molecule has 1 fully saturated rings. The van der Waals surface area contributed by atoms with E-state index in [-0.39, 0.29) is 12.3 Å². The molecule has 1 aliphatic heterocycles. The summed E-state index contributed by atoms with van der Waals surface area (Å²) >= 11 is 1.35. The van der Waals surface area contributed by atoms with Gasteiger partial charge >= 0.3 is 0 Å². The van der Waals surface area contributed by atoms with Crippen molar-refractivity contribution in [3.63, 3.8) is 0 Å². The van der Waals surface area contributed by atoms with Crippen molar-refractivity contribution in [1.29, 1.82) is 0 Å². The number of likely N-dealkylation sites (tertiary alicyclic amines) is 1. The highest BCUT2D eigenvalue weighted by molar-refractivity contribution is 7.19. The second-order valence-corrected chi connectivity index (χ2v) is 7.56. The number of nitrogens with zero attached hydrogens (tertiary/aromatic N) is 5. The molecule has 1 amide bonds. The number of amidine groups is 1. The summed E-state index contributed by atoms with van der Waals surface area (Å²) in [7, 11) is 1.80. The molecule has 2 aromatic heterocycles. The number of aliphatic imine (C=N–C) groups is 1. The Labute approximate surface area is 174 Å². The average Bonchev–Trinajstić information content (AvgIpc) is 3.17. The van der Waals surface area contributed by atoms with Gasteiger partial charge < -0.3 is 15.5 Å². The third-order valence-corrected chi connectivity index (χ3v) is 5.29. The number of aromatic nitrogens is 3. The van der Waals surface area contributed by atoms with Crippen LogP contribution in [0.3, 0.4) is 0 Å². The highest BCUT2D eigenvalue weighted by Crippen LogP contribution is 2.23. The first kappa shape index (κ1) is 20.7. The van der Waals surface area contributed by atoms with Gasteiger partial charge in [0.25, 0.3) is 0 Å². The Morgan fingerprint density at radius 2 is 2.17 bits per heavy atom. The predicted octanol–water partition coefficient (Wildman–Crippen LogP) is 2.76. The van der Waals surface area contributed by atoms with Crippen molar-refractivity contribution < 1.29 is 4.79 Å². The van der Waals surface area contributed by atoms with Crippen LogP contribution in [-0.4, -0.2) is 58.0 Å². The first-order chi connectivity index (χ1) is 14.2. The fourth-order valence-electron chi connectivity index (χ4n) is 3.09. The number of rotatable bonds is 7. The van der Waals surface area contributed by atoms with Crippen LogP contribution in [-0.2, 0) is 11.2 Å². The molecular formula is C20H25N7OS. The molecule has 0 aromatic carbocycles. The van der Waals surface area contributed by atoms with Crippen LogP contribution in [0.5, 0.6) is 0 Å². The monoisotopic (exact) mass is 411 g/mol. The topological polar surface area (TPSA) is 95.4 Å². The molecule has 0 atom stereocenters. The Morgan fingerprint density at radius 3 is 2.86 bits per heavy atom.